The number of sulfonamides is 1. The molecule has 1 fully saturated rings. The van der Waals surface area contributed by atoms with Crippen LogP contribution in [0.5, 0.6) is 5.75 Å². The fourth-order valence-electron chi connectivity index (χ4n) is 3.95. The molecule has 0 bridgehead atoms. The van der Waals surface area contributed by atoms with E-state index in [0.29, 0.717) is 29.3 Å². The third-order valence-corrected chi connectivity index (χ3v) is 7.53. The Morgan fingerprint density at radius 1 is 1.19 bits per heavy atom. The third kappa shape index (κ3) is 3.35. The van der Waals surface area contributed by atoms with Gasteiger partial charge in [-0.1, -0.05) is 0 Å². The number of ether oxygens (including phenoxy) is 1. The van der Waals surface area contributed by atoms with Crippen LogP contribution in [0.4, 0.5) is 0 Å². The van der Waals surface area contributed by atoms with Crippen LogP contribution >= 0.6 is 0 Å². The Morgan fingerprint density at radius 3 is 2.67 bits per heavy atom. The van der Waals surface area contributed by atoms with Crippen LogP contribution < -0.4 is 10.1 Å². The van der Waals surface area contributed by atoms with Crippen molar-refractivity contribution < 1.29 is 13.2 Å². The highest BCUT2D eigenvalue weighted by atomic mass is 32.2. The fraction of sp³-hybridized carbons (Fsp3) is 0.556. The summed E-state index contributed by atoms with van der Waals surface area (Å²) < 4.78 is 35.1. The molecular weight excluding hydrogens is 366 g/mol. The summed E-state index contributed by atoms with van der Waals surface area (Å²) in [6.45, 7) is 5.34. The lowest BCUT2D eigenvalue weighted by molar-refractivity contribution is 0.307. The largest absolute Gasteiger partial charge is 0.497 e. The second-order valence-corrected chi connectivity index (χ2v) is 9.02. The highest BCUT2D eigenvalue weighted by Crippen LogP contribution is 2.32. The zero-order valence-electron chi connectivity index (χ0n) is 15.7. The average molecular weight is 391 g/mol. The molecule has 1 N–H and O–H groups in total. The number of benzene rings is 1. The monoisotopic (exact) mass is 391 g/mol. The molecule has 1 aromatic heterocycles. The lowest BCUT2D eigenvalue weighted by atomic mass is 9.97. The van der Waals surface area contributed by atoms with Crippen LogP contribution in [0.2, 0.25) is 0 Å². The van der Waals surface area contributed by atoms with E-state index in [1.807, 2.05) is 0 Å². The van der Waals surface area contributed by atoms with E-state index in [4.69, 9.17) is 4.74 Å². The Kier molecular flexibility index (Phi) is 4.92. The first-order valence-electron chi connectivity index (χ1n) is 9.28. The van der Waals surface area contributed by atoms with Gasteiger partial charge in [0, 0.05) is 32.1 Å². The molecule has 0 spiro atoms. The molecular formula is C18H25N5O3S. The molecule has 0 radical (unpaired) electrons. The van der Waals surface area contributed by atoms with Crippen molar-refractivity contribution in [1.29, 1.82) is 0 Å². The number of aromatic nitrogens is 3. The van der Waals surface area contributed by atoms with E-state index in [1.165, 1.54) is 0 Å². The van der Waals surface area contributed by atoms with Crippen LogP contribution in [0.25, 0.3) is 0 Å². The van der Waals surface area contributed by atoms with Gasteiger partial charge in [0.2, 0.25) is 10.0 Å². The van der Waals surface area contributed by atoms with Gasteiger partial charge in [-0.15, -0.1) is 10.2 Å². The number of nitrogens with one attached hydrogen (secondary N) is 1. The van der Waals surface area contributed by atoms with Gasteiger partial charge in [0.1, 0.15) is 17.4 Å². The van der Waals surface area contributed by atoms with Crippen LogP contribution in [0, 0.1) is 6.92 Å². The standard InChI is InChI=1S/C18H25N5O3S/c1-13-11-15(26-2)3-4-16(13)27(24,25)22-8-5-14(6-9-22)18-21-20-17-12-19-7-10-23(17)18/h3-4,11,14,19H,5-10,12H2,1-2H3. The smallest absolute Gasteiger partial charge is 0.243 e. The third-order valence-electron chi connectivity index (χ3n) is 5.47. The molecule has 9 heteroatoms. The lowest BCUT2D eigenvalue weighted by Crippen LogP contribution is -2.39. The number of rotatable bonds is 4. The Labute approximate surface area is 159 Å². The maximum absolute atomic E-state index is 13.1. The van der Waals surface area contributed by atoms with Gasteiger partial charge in [0.05, 0.1) is 18.6 Å². The number of fused-ring (bicyclic) bond motifs is 1. The van der Waals surface area contributed by atoms with Gasteiger partial charge in [-0.2, -0.15) is 4.31 Å². The molecule has 3 heterocycles. The van der Waals surface area contributed by atoms with Crippen LogP contribution in [0.1, 0.15) is 36.0 Å². The first-order chi connectivity index (χ1) is 13.0. The SMILES string of the molecule is COc1ccc(S(=O)(=O)N2CCC(c3nnc4n3CCNC4)CC2)c(C)c1. The van der Waals surface area contributed by atoms with Crippen LogP contribution in [0.15, 0.2) is 23.1 Å². The number of piperidine rings is 1. The second-order valence-electron chi connectivity index (χ2n) is 7.11. The van der Waals surface area contributed by atoms with Gasteiger partial charge < -0.3 is 14.6 Å². The molecule has 2 aromatic rings. The minimum Gasteiger partial charge on any atom is -0.497 e. The number of hydrogen-bond acceptors (Lipinski definition) is 6. The zero-order valence-corrected chi connectivity index (χ0v) is 16.5. The van der Waals surface area contributed by atoms with Crippen LogP contribution in [-0.4, -0.2) is 54.2 Å². The van der Waals surface area contributed by atoms with Crippen LogP contribution in [-0.2, 0) is 23.1 Å². The maximum atomic E-state index is 13.1. The van der Waals surface area contributed by atoms with Crippen LogP contribution in [0.3, 0.4) is 0 Å². The van der Waals surface area contributed by atoms with Crippen molar-refractivity contribution in [3.63, 3.8) is 0 Å². The van der Waals surface area contributed by atoms with E-state index < -0.39 is 10.0 Å². The molecule has 146 valence electrons. The number of aryl methyl sites for hydroxylation is 1. The number of hydrogen-bond donors (Lipinski definition) is 1. The van der Waals surface area contributed by atoms with E-state index in [2.05, 4.69) is 20.1 Å². The summed E-state index contributed by atoms with van der Waals surface area (Å²) in [5, 5.41) is 12.0. The minimum atomic E-state index is -3.50. The van der Waals surface area contributed by atoms with Gasteiger partial charge >= 0.3 is 0 Å². The summed E-state index contributed by atoms with van der Waals surface area (Å²) >= 11 is 0. The molecule has 0 aliphatic carbocycles. The fourth-order valence-corrected chi connectivity index (χ4v) is 5.62. The van der Waals surface area contributed by atoms with Crippen molar-refractivity contribution in [2.24, 2.45) is 0 Å². The molecule has 1 saturated heterocycles. The van der Waals surface area contributed by atoms with Crippen molar-refractivity contribution >= 4 is 10.0 Å². The first kappa shape index (κ1) is 18.4. The molecule has 0 saturated carbocycles. The molecule has 0 atom stereocenters. The topological polar surface area (TPSA) is 89.4 Å². The second kappa shape index (κ2) is 7.21. The van der Waals surface area contributed by atoms with Gasteiger partial charge in [0.25, 0.3) is 0 Å². The number of nitrogens with zero attached hydrogens (tertiary/aromatic N) is 4. The van der Waals surface area contributed by atoms with E-state index in [-0.39, 0.29) is 5.92 Å². The van der Waals surface area contributed by atoms with Crippen molar-refractivity contribution in [2.75, 3.05) is 26.7 Å². The predicted molar refractivity (Wildman–Crippen MR) is 100 cm³/mol. The van der Waals surface area contributed by atoms with E-state index >= 15 is 0 Å². The Morgan fingerprint density at radius 2 is 1.96 bits per heavy atom. The van der Waals surface area contributed by atoms with Gasteiger partial charge in [-0.05, 0) is 43.5 Å². The molecule has 0 amide bonds. The quantitative estimate of drug-likeness (QED) is 0.844. The molecule has 1 aromatic carbocycles. The zero-order chi connectivity index (χ0) is 19.0. The summed E-state index contributed by atoms with van der Waals surface area (Å²) in [6, 6.07) is 5.09. The molecule has 0 unspecified atom stereocenters. The average Bonchev–Trinajstić information content (AvgIpc) is 3.12. The maximum Gasteiger partial charge on any atom is 0.243 e. The molecule has 2 aliphatic heterocycles. The van der Waals surface area contributed by atoms with E-state index in [9.17, 15) is 8.42 Å². The summed E-state index contributed by atoms with van der Waals surface area (Å²) in [5.74, 6) is 2.90. The molecule has 27 heavy (non-hydrogen) atoms. The lowest BCUT2D eigenvalue weighted by Gasteiger charge is -2.31. The first-order valence-corrected chi connectivity index (χ1v) is 10.7. The summed E-state index contributed by atoms with van der Waals surface area (Å²) in [6.07, 6.45) is 1.53. The van der Waals surface area contributed by atoms with Crippen molar-refractivity contribution in [3.8, 4) is 5.75 Å². The Balaban J connectivity index is 1.49. The van der Waals surface area contributed by atoms with E-state index in [1.54, 1.807) is 36.5 Å². The van der Waals surface area contributed by atoms with Gasteiger partial charge in [-0.25, -0.2) is 8.42 Å². The Bertz CT molecular complexity index is 932. The predicted octanol–water partition coefficient (Wildman–Crippen LogP) is 1.27. The summed E-state index contributed by atoms with van der Waals surface area (Å²) in [4.78, 5) is 0.354. The molecule has 2 aliphatic rings. The van der Waals surface area contributed by atoms with Gasteiger partial charge in [0.15, 0.2) is 0 Å². The molecule has 4 rings (SSSR count). The van der Waals surface area contributed by atoms with Crippen molar-refractivity contribution in [1.82, 2.24) is 24.4 Å². The Hall–Kier alpha value is -1.97. The summed E-state index contributed by atoms with van der Waals surface area (Å²) in [5.41, 5.74) is 0.704. The van der Waals surface area contributed by atoms with Gasteiger partial charge in [-0.3, -0.25) is 0 Å². The summed E-state index contributed by atoms with van der Waals surface area (Å²) in [7, 11) is -1.93. The highest BCUT2D eigenvalue weighted by molar-refractivity contribution is 7.89. The highest BCUT2D eigenvalue weighted by Gasteiger charge is 2.33. The van der Waals surface area contributed by atoms with Crippen molar-refractivity contribution in [3.05, 3.63) is 35.4 Å². The molecule has 8 nitrogen and oxygen atoms in total. The number of methoxy groups -OCH3 is 1. The van der Waals surface area contributed by atoms with E-state index in [0.717, 1.165) is 44.1 Å². The minimum absolute atomic E-state index is 0.257. The normalized spacial score (nSPS) is 19.0. The van der Waals surface area contributed by atoms with Crippen molar-refractivity contribution in [2.45, 2.75) is 43.7 Å².